The van der Waals surface area contributed by atoms with Crippen LogP contribution in [0.15, 0.2) is 59.8 Å². The zero-order valence-electron chi connectivity index (χ0n) is 16.8. The molecule has 0 aliphatic rings. The van der Waals surface area contributed by atoms with Gasteiger partial charge in [0.2, 0.25) is 5.91 Å². The Bertz CT molecular complexity index is 919. The molecule has 1 amide bonds. The van der Waals surface area contributed by atoms with Gasteiger partial charge >= 0.3 is 0 Å². The highest BCUT2D eigenvalue weighted by Gasteiger charge is 2.19. The molecule has 2 aromatic carbocycles. The van der Waals surface area contributed by atoms with E-state index in [-0.39, 0.29) is 11.9 Å². The normalized spacial score (nSPS) is 11.0. The van der Waals surface area contributed by atoms with Gasteiger partial charge in [-0.3, -0.25) is 9.36 Å². The lowest BCUT2D eigenvalue weighted by Gasteiger charge is -2.26. The predicted molar refractivity (Wildman–Crippen MR) is 114 cm³/mol. The van der Waals surface area contributed by atoms with E-state index in [1.807, 2.05) is 72.7 Å². The molecule has 3 aromatic rings. The molecule has 0 unspecified atom stereocenters. The molecule has 0 aliphatic heterocycles. The minimum absolute atomic E-state index is 0.0972. The molecule has 3 rings (SSSR count). The van der Waals surface area contributed by atoms with E-state index in [2.05, 4.69) is 29.3 Å². The van der Waals surface area contributed by atoms with Crippen LogP contribution < -0.4 is 0 Å². The Kier molecular flexibility index (Phi) is 6.52. The van der Waals surface area contributed by atoms with E-state index in [4.69, 9.17) is 0 Å². The van der Waals surface area contributed by atoms with Crippen molar-refractivity contribution >= 4 is 17.7 Å². The molecule has 0 saturated carbocycles. The van der Waals surface area contributed by atoms with E-state index < -0.39 is 0 Å². The fourth-order valence-electron chi connectivity index (χ4n) is 2.98. The van der Waals surface area contributed by atoms with Crippen LogP contribution in [-0.2, 0) is 11.3 Å². The highest BCUT2D eigenvalue weighted by atomic mass is 32.2. The summed E-state index contributed by atoms with van der Waals surface area (Å²) in [5.41, 5.74) is 3.34. The Morgan fingerprint density at radius 2 is 1.71 bits per heavy atom. The second-order valence-electron chi connectivity index (χ2n) is 7.09. The lowest BCUT2D eigenvalue weighted by atomic mass is 10.2. The molecule has 5 nitrogen and oxygen atoms in total. The molecule has 0 saturated heterocycles. The van der Waals surface area contributed by atoms with Crippen LogP contribution in [0.3, 0.4) is 0 Å². The highest BCUT2D eigenvalue weighted by Crippen LogP contribution is 2.23. The number of carbonyl (C=O) groups excluding carboxylic acids is 1. The standard InChI is InChI=1S/C22H26N4OS/c1-16(2)25(14-19-8-6-5-7-9-19)21(27)15-28-22-24-23-18(4)26(22)20-12-10-17(3)11-13-20/h5-13,16H,14-15H2,1-4H3. The van der Waals surface area contributed by atoms with Gasteiger partial charge in [-0.05, 0) is 45.4 Å². The summed E-state index contributed by atoms with van der Waals surface area (Å²) < 4.78 is 1.99. The first-order valence-corrected chi connectivity index (χ1v) is 10.4. The van der Waals surface area contributed by atoms with Gasteiger partial charge in [0.25, 0.3) is 0 Å². The van der Waals surface area contributed by atoms with Crippen LogP contribution in [0.4, 0.5) is 0 Å². The van der Waals surface area contributed by atoms with Crippen LogP contribution in [0.2, 0.25) is 0 Å². The Morgan fingerprint density at radius 1 is 1.04 bits per heavy atom. The van der Waals surface area contributed by atoms with Crippen molar-refractivity contribution in [2.75, 3.05) is 5.75 Å². The first kappa shape index (κ1) is 20.1. The summed E-state index contributed by atoms with van der Waals surface area (Å²) in [4.78, 5) is 14.8. The summed E-state index contributed by atoms with van der Waals surface area (Å²) in [5.74, 6) is 1.23. The van der Waals surface area contributed by atoms with Crippen molar-refractivity contribution in [1.29, 1.82) is 0 Å². The maximum atomic E-state index is 12.9. The third kappa shape index (κ3) is 4.81. The van der Waals surface area contributed by atoms with Gasteiger partial charge in [0.1, 0.15) is 5.82 Å². The number of aromatic nitrogens is 3. The molecule has 0 spiro atoms. The Hall–Kier alpha value is -2.60. The number of rotatable bonds is 7. The third-order valence-electron chi connectivity index (χ3n) is 4.55. The molecule has 0 N–H and O–H groups in total. The smallest absolute Gasteiger partial charge is 0.233 e. The zero-order valence-corrected chi connectivity index (χ0v) is 17.6. The van der Waals surface area contributed by atoms with E-state index >= 15 is 0 Å². The number of nitrogens with zero attached hydrogens (tertiary/aromatic N) is 4. The van der Waals surface area contributed by atoms with Gasteiger partial charge in [0.05, 0.1) is 5.75 Å². The van der Waals surface area contributed by atoms with Crippen LogP contribution in [0, 0.1) is 13.8 Å². The van der Waals surface area contributed by atoms with Crippen molar-refractivity contribution in [2.45, 2.75) is 45.4 Å². The van der Waals surface area contributed by atoms with E-state index in [0.717, 1.165) is 22.2 Å². The molecule has 28 heavy (non-hydrogen) atoms. The molecule has 146 valence electrons. The number of amides is 1. The van der Waals surface area contributed by atoms with Gasteiger partial charge in [-0.1, -0.05) is 59.8 Å². The predicted octanol–water partition coefficient (Wildman–Crippen LogP) is 4.41. The maximum absolute atomic E-state index is 12.9. The summed E-state index contributed by atoms with van der Waals surface area (Å²) in [6.07, 6.45) is 0. The van der Waals surface area contributed by atoms with Gasteiger partial charge < -0.3 is 4.90 Å². The van der Waals surface area contributed by atoms with Crippen LogP contribution in [0.5, 0.6) is 0 Å². The SMILES string of the molecule is Cc1ccc(-n2c(C)nnc2SCC(=O)N(Cc2ccccc2)C(C)C)cc1. The Morgan fingerprint density at radius 3 is 2.36 bits per heavy atom. The summed E-state index contributed by atoms with van der Waals surface area (Å²) >= 11 is 1.43. The minimum Gasteiger partial charge on any atom is -0.335 e. The molecule has 0 aliphatic carbocycles. The molecule has 0 fully saturated rings. The molecule has 1 aromatic heterocycles. The topological polar surface area (TPSA) is 51.0 Å². The average molecular weight is 395 g/mol. The van der Waals surface area contributed by atoms with Crippen molar-refractivity contribution in [3.05, 3.63) is 71.5 Å². The van der Waals surface area contributed by atoms with Gasteiger partial charge in [-0.25, -0.2) is 0 Å². The fourth-order valence-corrected chi connectivity index (χ4v) is 3.86. The van der Waals surface area contributed by atoms with Crippen LogP contribution in [0.1, 0.15) is 30.8 Å². The summed E-state index contributed by atoms with van der Waals surface area (Å²) in [7, 11) is 0. The van der Waals surface area contributed by atoms with Gasteiger partial charge in [0.15, 0.2) is 5.16 Å². The quantitative estimate of drug-likeness (QED) is 0.557. The molecular formula is C22H26N4OS. The Balaban J connectivity index is 1.72. The van der Waals surface area contributed by atoms with E-state index in [1.165, 1.54) is 17.3 Å². The molecular weight excluding hydrogens is 368 g/mol. The van der Waals surface area contributed by atoms with Crippen molar-refractivity contribution in [3.63, 3.8) is 0 Å². The third-order valence-corrected chi connectivity index (χ3v) is 5.47. The number of aryl methyl sites for hydroxylation is 2. The van der Waals surface area contributed by atoms with Gasteiger partial charge in [-0.15, -0.1) is 10.2 Å². The second kappa shape index (κ2) is 9.06. The summed E-state index contributed by atoms with van der Waals surface area (Å²) in [5, 5.41) is 9.22. The fraction of sp³-hybridized carbons (Fsp3) is 0.318. The molecule has 0 radical (unpaired) electrons. The van der Waals surface area contributed by atoms with E-state index in [0.29, 0.717) is 12.3 Å². The minimum atomic E-state index is 0.0972. The van der Waals surface area contributed by atoms with E-state index in [1.54, 1.807) is 0 Å². The zero-order chi connectivity index (χ0) is 20.1. The lowest BCUT2D eigenvalue weighted by Crippen LogP contribution is -2.37. The highest BCUT2D eigenvalue weighted by molar-refractivity contribution is 7.99. The number of thioether (sulfide) groups is 1. The van der Waals surface area contributed by atoms with Crippen molar-refractivity contribution in [2.24, 2.45) is 0 Å². The largest absolute Gasteiger partial charge is 0.335 e. The maximum Gasteiger partial charge on any atom is 0.233 e. The van der Waals surface area contributed by atoms with Crippen molar-refractivity contribution < 1.29 is 4.79 Å². The molecule has 6 heteroatoms. The van der Waals surface area contributed by atoms with Gasteiger partial charge in [0, 0.05) is 18.3 Å². The molecule has 0 atom stereocenters. The lowest BCUT2D eigenvalue weighted by molar-refractivity contribution is -0.130. The number of carbonyl (C=O) groups is 1. The van der Waals surface area contributed by atoms with Crippen LogP contribution in [-0.4, -0.2) is 37.4 Å². The van der Waals surface area contributed by atoms with Crippen molar-refractivity contribution in [1.82, 2.24) is 19.7 Å². The molecule has 1 heterocycles. The van der Waals surface area contributed by atoms with Gasteiger partial charge in [-0.2, -0.15) is 0 Å². The Labute approximate surface area is 170 Å². The second-order valence-corrected chi connectivity index (χ2v) is 8.03. The number of hydrogen-bond donors (Lipinski definition) is 0. The van der Waals surface area contributed by atoms with Crippen LogP contribution in [0.25, 0.3) is 5.69 Å². The van der Waals surface area contributed by atoms with Crippen LogP contribution >= 0.6 is 11.8 Å². The number of hydrogen-bond acceptors (Lipinski definition) is 4. The van der Waals surface area contributed by atoms with E-state index in [9.17, 15) is 4.79 Å². The van der Waals surface area contributed by atoms with Crippen molar-refractivity contribution in [3.8, 4) is 5.69 Å². The monoisotopic (exact) mass is 394 g/mol. The summed E-state index contributed by atoms with van der Waals surface area (Å²) in [6, 6.07) is 18.4. The first-order chi connectivity index (χ1) is 13.5. The number of benzene rings is 2. The molecule has 0 bridgehead atoms. The first-order valence-electron chi connectivity index (χ1n) is 9.41. The average Bonchev–Trinajstić information content (AvgIpc) is 3.06. The summed E-state index contributed by atoms with van der Waals surface area (Å²) in [6.45, 7) is 8.69.